The molecule has 0 aromatic heterocycles. The maximum absolute atomic E-state index is 11.9. The van der Waals surface area contributed by atoms with Gasteiger partial charge in [0.05, 0.1) is 19.3 Å². The zero-order valence-corrected chi connectivity index (χ0v) is 23.4. The predicted molar refractivity (Wildman–Crippen MR) is 136 cm³/mol. The molecule has 0 aromatic carbocycles. The Labute approximate surface area is 217 Å². The highest BCUT2D eigenvalue weighted by Crippen LogP contribution is 2.68. The Morgan fingerprint density at radius 2 is 1.58 bits per heavy atom. The summed E-state index contributed by atoms with van der Waals surface area (Å²) in [6, 6.07) is 0. The van der Waals surface area contributed by atoms with E-state index in [4.69, 9.17) is 23.7 Å². The summed E-state index contributed by atoms with van der Waals surface area (Å²) < 4.78 is 27.9. The van der Waals surface area contributed by atoms with E-state index < -0.39 is 12.1 Å². The molecule has 0 aliphatic heterocycles. The SMILES string of the molecule is COCO[C@@H]1CC[C@]2(C)C3CC[C@]4(C)[C@@H]([C@H](C)CC(O)C(=O)OC)CC[C@H]4C3[C@H](OCOC)C[C@@H]2C1. The van der Waals surface area contributed by atoms with Crippen LogP contribution in [0.1, 0.15) is 78.6 Å². The van der Waals surface area contributed by atoms with Gasteiger partial charge in [-0.1, -0.05) is 20.8 Å². The lowest BCUT2D eigenvalue weighted by atomic mass is 9.43. The number of methoxy groups -OCH3 is 3. The summed E-state index contributed by atoms with van der Waals surface area (Å²) in [6.07, 6.45) is 9.18. The van der Waals surface area contributed by atoms with Crippen LogP contribution in [0.5, 0.6) is 0 Å². The Morgan fingerprint density at radius 1 is 0.917 bits per heavy atom. The van der Waals surface area contributed by atoms with Gasteiger partial charge in [0, 0.05) is 14.2 Å². The summed E-state index contributed by atoms with van der Waals surface area (Å²) in [6.45, 7) is 7.97. The number of aliphatic hydroxyl groups is 1. The summed E-state index contributed by atoms with van der Waals surface area (Å²) in [4.78, 5) is 11.9. The zero-order chi connectivity index (χ0) is 26.1. The second-order valence-corrected chi connectivity index (χ2v) is 12.8. The van der Waals surface area contributed by atoms with E-state index in [9.17, 15) is 9.90 Å². The van der Waals surface area contributed by atoms with E-state index in [1.165, 1.54) is 32.8 Å². The van der Waals surface area contributed by atoms with Gasteiger partial charge in [0.25, 0.3) is 0 Å². The van der Waals surface area contributed by atoms with Crippen molar-refractivity contribution in [2.75, 3.05) is 34.9 Å². The molecule has 4 aliphatic rings. The first-order chi connectivity index (χ1) is 17.2. The fourth-order valence-electron chi connectivity index (χ4n) is 9.53. The summed E-state index contributed by atoms with van der Waals surface area (Å²) >= 11 is 0. The highest BCUT2D eigenvalue weighted by molar-refractivity contribution is 5.74. The Morgan fingerprint density at radius 3 is 2.28 bits per heavy atom. The second-order valence-electron chi connectivity index (χ2n) is 12.8. The lowest BCUT2D eigenvalue weighted by Gasteiger charge is -2.63. The van der Waals surface area contributed by atoms with Crippen LogP contribution in [-0.4, -0.2) is 64.3 Å². The maximum Gasteiger partial charge on any atom is 0.334 e. The van der Waals surface area contributed by atoms with E-state index in [2.05, 4.69) is 20.8 Å². The van der Waals surface area contributed by atoms with Crippen molar-refractivity contribution in [1.29, 1.82) is 0 Å². The molecule has 36 heavy (non-hydrogen) atoms. The predicted octanol–water partition coefficient (Wildman–Crippen LogP) is 4.79. The monoisotopic (exact) mass is 510 g/mol. The minimum atomic E-state index is -1.04. The third kappa shape index (κ3) is 5.12. The zero-order valence-electron chi connectivity index (χ0n) is 23.4. The van der Waals surface area contributed by atoms with E-state index in [1.807, 2.05) is 0 Å². The second kappa shape index (κ2) is 11.6. The fraction of sp³-hybridized carbons (Fsp3) is 0.966. The van der Waals surface area contributed by atoms with Gasteiger partial charge in [-0.3, -0.25) is 0 Å². The first kappa shape index (κ1) is 28.3. The molecule has 0 saturated heterocycles. The minimum absolute atomic E-state index is 0.201. The molecule has 1 N–H and O–H groups in total. The van der Waals surface area contributed by atoms with Gasteiger partial charge >= 0.3 is 5.97 Å². The van der Waals surface area contributed by atoms with Crippen molar-refractivity contribution in [3.05, 3.63) is 0 Å². The summed E-state index contributed by atoms with van der Waals surface area (Å²) in [5.74, 6) is 2.61. The molecule has 11 atom stereocenters. The van der Waals surface area contributed by atoms with Gasteiger partial charge in [-0.25, -0.2) is 4.79 Å². The third-order valence-electron chi connectivity index (χ3n) is 11.3. The minimum Gasteiger partial charge on any atom is -0.467 e. The molecule has 0 heterocycles. The third-order valence-corrected chi connectivity index (χ3v) is 11.3. The molecule has 0 bridgehead atoms. The number of carbonyl (C=O) groups is 1. The highest BCUT2D eigenvalue weighted by atomic mass is 16.7. The molecule has 3 unspecified atom stereocenters. The first-order valence-electron chi connectivity index (χ1n) is 14.2. The molecule has 0 aromatic rings. The standard InChI is InChI=1S/C29H50O7/c1-18(13-24(30)27(31)34-6)21-7-8-22-26-23(10-12-29(21,22)3)28(2)11-9-20(35-16-32-4)14-19(28)15-25(26)36-17-33-5/h18-26,30H,7-17H2,1-6H3/t18-,19+,20-,21-,22+,23?,24?,25-,26?,28+,29-/m1/s1. The molecule has 4 aliphatic carbocycles. The van der Waals surface area contributed by atoms with Gasteiger partial charge in [-0.2, -0.15) is 0 Å². The van der Waals surface area contributed by atoms with Gasteiger partial charge in [0.1, 0.15) is 13.6 Å². The summed E-state index contributed by atoms with van der Waals surface area (Å²) in [7, 11) is 4.75. The van der Waals surface area contributed by atoms with Gasteiger partial charge in [-0.15, -0.1) is 0 Å². The van der Waals surface area contributed by atoms with Crippen molar-refractivity contribution in [3.8, 4) is 0 Å². The summed E-state index contributed by atoms with van der Waals surface area (Å²) in [5, 5.41) is 10.4. The average molecular weight is 511 g/mol. The highest BCUT2D eigenvalue weighted by Gasteiger charge is 2.63. The van der Waals surface area contributed by atoms with Crippen LogP contribution in [0.25, 0.3) is 0 Å². The Balaban J connectivity index is 1.55. The van der Waals surface area contributed by atoms with Gasteiger partial charge in [-0.05, 0) is 104 Å². The van der Waals surface area contributed by atoms with E-state index in [-0.39, 0.29) is 23.5 Å². The molecular weight excluding hydrogens is 460 g/mol. The molecule has 4 saturated carbocycles. The van der Waals surface area contributed by atoms with Crippen LogP contribution in [0.2, 0.25) is 0 Å². The van der Waals surface area contributed by atoms with Crippen LogP contribution < -0.4 is 0 Å². The van der Waals surface area contributed by atoms with Gasteiger partial charge in [0.15, 0.2) is 6.10 Å². The smallest absolute Gasteiger partial charge is 0.334 e. The Kier molecular flexibility index (Phi) is 9.09. The molecule has 0 amide bonds. The molecule has 208 valence electrons. The van der Waals surface area contributed by atoms with Crippen molar-refractivity contribution in [3.63, 3.8) is 0 Å². The number of carbonyl (C=O) groups excluding carboxylic acids is 1. The quantitative estimate of drug-likeness (QED) is 0.334. The van der Waals surface area contributed by atoms with Crippen LogP contribution >= 0.6 is 0 Å². The van der Waals surface area contributed by atoms with Crippen molar-refractivity contribution >= 4 is 5.97 Å². The van der Waals surface area contributed by atoms with Crippen LogP contribution in [0.15, 0.2) is 0 Å². The van der Waals surface area contributed by atoms with E-state index >= 15 is 0 Å². The van der Waals surface area contributed by atoms with Gasteiger partial charge in [0.2, 0.25) is 0 Å². The molecule has 4 fully saturated rings. The van der Waals surface area contributed by atoms with Crippen LogP contribution in [0, 0.1) is 46.3 Å². The number of rotatable bonds is 10. The average Bonchev–Trinajstić information content (AvgIpc) is 3.22. The number of hydrogen-bond acceptors (Lipinski definition) is 7. The largest absolute Gasteiger partial charge is 0.467 e. The molecule has 4 rings (SSSR count). The van der Waals surface area contributed by atoms with Gasteiger partial charge < -0.3 is 28.8 Å². The molecule has 0 spiro atoms. The molecule has 7 heteroatoms. The van der Waals surface area contributed by atoms with Crippen molar-refractivity contribution in [1.82, 2.24) is 0 Å². The lowest BCUT2D eigenvalue weighted by molar-refractivity contribution is -0.213. The number of esters is 1. The van der Waals surface area contributed by atoms with Crippen molar-refractivity contribution in [2.24, 2.45) is 46.3 Å². The molecule has 7 nitrogen and oxygen atoms in total. The number of ether oxygens (including phenoxy) is 5. The van der Waals surface area contributed by atoms with Crippen molar-refractivity contribution < 1.29 is 33.6 Å². The van der Waals surface area contributed by atoms with E-state index in [0.29, 0.717) is 55.0 Å². The lowest BCUT2D eigenvalue weighted by Crippen LogP contribution is -2.59. The van der Waals surface area contributed by atoms with Crippen LogP contribution in [0.4, 0.5) is 0 Å². The van der Waals surface area contributed by atoms with Crippen LogP contribution in [0.3, 0.4) is 0 Å². The first-order valence-corrected chi connectivity index (χ1v) is 14.2. The number of aliphatic hydroxyl groups excluding tert-OH is 1. The fourth-order valence-corrected chi connectivity index (χ4v) is 9.53. The molecule has 0 radical (unpaired) electrons. The van der Waals surface area contributed by atoms with Crippen LogP contribution in [-0.2, 0) is 28.5 Å². The normalized spacial score (nSPS) is 43.7. The van der Waals surface area contributed by atoms with Crippen molar-refractivity contribution in [2.45, 2.75) is 96.9 Å². The summed E-state index contributed by atoms with van der Waals surface area (Å²) in [5.41, 5.74) is 0.518. The Bertz CT molecular complexity index is 745. The number of fused-ring (bicyclic) bond motifs is 5. The maximum atomic E-state index is 11.9. The number of hydrogen-bond donors (Lipinski definition) is 1. The van der Waals surface area contributed by atoms with E-state index in [0.717, 1.165) is 25.7 Å². The molecular formula is C29H50O7. The Hall–Kier alpha value is -0.730. The van der Waals surface area contributed by atoms with E-state index in [1.54, 1.807) is 14.2 Å². The topological polar surface area (TPSA) is 83.5 Å².